The smallest absolute Gasteiger partial charge is 0.199 e. The summed E-state index contributed by atoms with van der Waals surface area (Å²) in [5.74, 6) is 0. The average Bonchev–Trinajstić information content (AvgIpc) is 2.39. The highest BCUT2D eigenvalue weighted by atomic mass is 32.2. The fourth-order valence-corrected chi connectivity index (χ4v) is 4.13. The minimum Gasteiger partial charge on any atom is -0.199 e. The first-order valence-electron chi connectivity index (χ1n) is 7.56. The molecule has 1 aromatic carbocycles. The van der Waals surface area contributed by atoms with Crippen molar-refractivity contribution in [1.82, 2.24) is 9.03 Å². The van der Waals surface area contributed by atoms with Crippen LogP contribution in [0.1, 0.15) is 46.6 Å². The third-order valence-corrected chi connectivity index (χ3v) is 5.66. The zero-order chi connectivity index (χ0) is 16.1. The van der Waals surface area contributed by atoms with E-state index in [0.29, 0.717) is 13.1 Å². The lowest BCUT2D eigenvalue weighted by atomic mass is 9.79. The summed E-state index contributed by atoms with van der Waals surface area (Å²) in [5.41, 5.74) is 1.14. The van der Waals surface area contributed by atoms with Crippen LogP contribution in [-0.2, 0) is 15.6 Å². The Labute approximate surface area is 129 Å². The third kappa shape index (κ3) is 5.09. The van der Waals surface area contributed by atoms with Crippen LogP contribution in [0.25, 0.3) is 0 Å². The lowest BCUT2D eigenvalue weighted by molar-refractivity contribution is 0.393. The number of hydrogen-bond acceptors (Lipinski definition) is 2. The highest BCUT2D eigenvalue weighted by Crippen LogP contribution is 2.28. The van der Waals surface area contributed by atoms with Crippen LogP contribution in [-0.4, -0.2) is 31.9 Å². The number of nitrogens with zero attached hydrogens (tertiary/aromatic N) is 1. The molecule has 0 fully saturated rings. The second-order valence-electron chi connectivity index (χ2n) is 6.06. The molecule has 0 saturated carbocycles. The molecular weight excluding hydrogens is 284 g/mol. The number of benzene rings is 1. The van der Waals surface area contributed by atoms with Gasteiger partial charge in [-0.05, 0) is 24.3 Å². The molecule has 1 aromatic rings. The highest BCUT2D eigenvalue weighted by Gasteiger charge is 2.27. The lowest BCUT2D eigenvalue weighted by Crippen LogP contribution is -2.45. The zero-order valence-corrected chi connectivity index (χ0v) is 14.6. The molecule has 0 aromatic heterocycles. The molecule has 0 saturated heterocycles. The first kappa shape index (κ1) is 18.1. The van der Waals surface area contributed by atoms with E-state index in [-0.39, 0.29) is 11.5 Å². The largest absolute Gasteiger partial charge is 0.279 e. The Kier molecular flexibility index (Phi) is 6.38. The van der Waals surface area contributed by atoms with E-state index in [1.165, 1.54) is 9.87 Å². The van der Waals surface area contributed by atoms with Crippen molar-refractivity contribution in [2.45, 2.75) is 52.5 Å². The molecule has 0 amide bonds. The van der Waals surface area contributed by atoms with Gasteiger partial charge in [0.2, 0.25) is 0 Å². The second kappa shape index (κ2) is 7.38. The van der Waals surface area contributed by atoms with Crippen molar-refractivity contribution < 1.29 is 8.42 Å². The molecule has 0 spiro atoms. The van der Waals surface area contributed by atoms with Gasteiger partial charge in [-0.25, -0.2) is 0 Å². The molecule has 5 heteroatoms. The Balaban J connectivity index is 2.75. The van der Waals surface area contributed by atoms with Crippen LogP contribution in [0.15, 0.2) is 30.3 Å². The third-order valence-electron chi connectivity index (χ3n) is 3.77. The number of nitrogens with one attached hydrogen (secondary N) is 1. The lowest BCUT2D eigenvalue weighted by Gasteiger charge is -2.30. The van der Waals surface area contributed by atoms with Gasteiger partial charge in [0.1, 0.15) is 0 Å². The molecule has 4 nitrogen and oxygen atoms in total. The van der Waals surface area contributed by atoms with Gasteiger partial charge in [-0.3, -0.25) is 0 Å². The molecule has 1 N–H and O–H groups in total. The van der Waals surface area contributed by atoms with Gasteiger partial charge in [-0.1, -0.05) is 58.0 Å². The Bertz CT molecular complexity index is 522. The van der Waals surface area contributed by atoms with E-state index in [2.05, 4.69) is 30.7 Å². The normalized spacial score (nSPS) is 14.4. The Morgan fingerprint density at radius 1 is 1.14 bits per heavy atom. The quantitative estimate of drug-likeness (QED) is 0.802. The summed E-state index contributed by atoms with van der Waals surface area (Å²) < 4.78 is 28.7. The molecule has 1 unspecified atom stereocenters. The van der Waals surface area contributed by atoms with Gasteiger partial charge >= 0.3 is 0 Å². The van der Waals surface area contributed by atoms with Gasteiger partial charge in [0.15, 0.2) is 0 Å². The van der Waals surface area contributed by atoms with E-state index in [4.69, 9.17) is 0 Å². The van der Waals surface area contributed by atoms with E-state index in [9.17, 15) is 8.42 Å². The van der Waals surface area contributed by atoms with Crippen LogP contribution >= 0.6 is 0 Å². The van der Waals surface area contributed by atoms with Gasteiger partial charge in [0, 0.05) is 19.1 Å². The zero-order valence-electron chi connectivity index (χ0n) is 13.8. The molecule has 1 atom stereocenters. The summed E-state index contributed by atoms with van der Waals surface area (Å²) in [5, 5.41) is 0. The first-order chi connectivity index (χ1) is 9.73. The summed E-state index contributed by atoms with van der Waals surface area (Å²) in [7, 11) is -3.39. The van der Waals surface area contributed by atoms with Crippen LogP contribution in [0.2, 0.25) is 0 Å². The second-order valence-corrected chi connectivity index (χ2v) is 7.76. The van der Waals surface area contributed by atoms with Crippen LogP contribution < -0.4 is 4.72 Å². The van der Waals surface area contributed by atoms with Crippen molar-refractivity contribution in [1.29, 1.82) is 0 Å². The van der Waals surface area contributed by atoms with Gasteiger partial charge in [0.25, 0.3) is 10.2 Å². The van der Waals surface area contributed by atoms with Crippen molar-refractivity contribution in [3.63, 3.8) is 0 Å². The van der Waals surface area contributed by atoms with Crippen LogP contribution in [0.4, 0.5) is 0 Å². The molecule has 1 rings (SSSR count). The van der Waals surface area contributed by atoms with Crippen molar-refractivity contribution in [2.75, 3.05) is 13.1 Å². The van der Waals surface area contributed by atoms with E-state index in [1.807, 2.05) is 39.0 Å². The van der Waals surface area contributed by atoms with E-state index in [0.717, 1.165) is 6.42 Å². The molecular formula is C16H28N2O2S. The average molecular weight is 312 g/mol. The Morgan fingerprint density at radius 2 is 1.67 bits per heavy atom. The summed E-state index contributed by atoms with van der Waals surface area (Å²) in [6.07, 6.45) is 0.748. The molecule has 0 bridgehead atoms. The molecule has 0 radical (unpaired) electrons. The summed E-state index contributed by atoms with van der Waals surface area (Å²) in [6.45, 7) is 10.9. The Hall–Kier alpha value is -0.910. The number of rotatable bonds is 8. The summed E-state index contributed by atoms with van der Waals surface area (Å²) >= 11 is 0. The fraction of sp³-hybridized carbons (Fsp3) is 0.625. The van der Waals surface area contributed by atoms with Gasteiger partial charge in [-0.15, -0.1) is 0 Å². The van der Waals surface area contributed by atoms with Crippen LogP contribution in [0.5, 0.6) is 0 Å². The molecule has 0 aliphatic heterocycles. The summed E-state index contributed by atoms with van der Waals surface area (Å²) in [6, 6.07) is 10.1. The molecule has 0 heterocycles. The van der Waals surface area contributed by atoms with Gasteiger partial charge in [0.05, 0.1) is 0 Å². The van der Waals surface area contributed by atoms with Crippen molar-refractivity contribution >= 4 is 10.2 Å². The minimum atomic E-state index is -3.39. The van der Waals surface area contributed by atoms with E-state index < -0.39 is 10.2 Å². The van der Waals surface area contributed by atoms with Gasteiger partial charge < -0.3 is 0 Å². The van der Waals surface area contributed by atoms with Crippen molar-refractivity contribution in [2.24, 2.45) is 0 Å². The number of hydrogen-bond donors (Lipinski definition) is 1. The maximum atomic E-state index is 12.2. The van der Waals surface area contributed by atoms with E-state index in [1.54, 1.807) is 0 Å². The standard InChI is InChI=1S/C16H28N2O2S/c1-6-18(7-2)21(19,20)17-14(3)13-16(4,5)15-11-9-8-10-12-15/h8-12,14,17H,6-7,13H2,1-5H3. The van der Waals surface area contributed by atoms with Crippen molar-refractivity contribution in [3.05, 3.63) is 35.9 Å². The van der Waals surface area contributed by atoms with Gasteiger partial charge in [-0.2, -0.15) is 17.4 Å². The molecule has 21 heavy (non-hydrogen) atoms. The predicted molar refractivity (Wildman–Crippen MR) is 88.5 cm³/mol. The molecule has 0 aliphatic carbocycles. The van der Waals surface area contributed by atoms with Crippen molar-refractivity contribution in [3.8, 4) is 0 Å². The maximum absolute atomic E-state index is 12.2. The fourth-order valence-electron chi connectivity index (χ4n) is 2.71. The highest BCUT2D eigenvalue weighted by molar-refractivity contribution is 7.87. The topological polar surface area (TPSA) is 49.4 Å². The van der Waals surface area contributed by atoms with Crippen LogP contribution in [0.3, 0.4) is 0 Å². The Morgan fingerprint density at radius 3 is 2.14 bits per heavy atom. The monoisotopic (exact) mass is 312 g/mol. The first-order valence-corrected chi connectivity index (χ1v) is 9.00. The molecule has 120 valence electrons. The summed E-state index contributed by atoms with van der Waals surface area (Å²) in [4.78, 5) is 0. The molecule has 0 aliphatic rings. The SMILES string of the molecule is CCN(CC)S(=O)(=O)NC(C)CC(C)(C)c1ccccc1. The predicted octanol–water partition coefficient (Wildman–Crippen LogP) is 2.92. The maximum Gasteiger partial charge on any atom is 0.279 e. The minimum absolute atomic E-state index is 0.0769. The van der Waals surface area contributed by atoms with Crippen LogP contribution in [0, 0.1) is 0 Å². The van der Waals surface area contributed by atoms with E-state index >= 15 is 0 Å².